The summed E-state index contributed by atoms with van der Waals surface area (Å²) in [5.41, 5.74) is 7.16. The lowest BCUT2D eigenvalue weighted by Gasteiger charge is -2.08. The molecule has 2 rings (SSSR count). The van der Waals surface area contributed by atoms with E-state index in [1.165, 1.54) is 0 Å². The first-order valence-corrected chi connectivity index (χ1v) is 4.23. The van der Waals surface area contributed by atoms with Crippen LogP contribution in [0.1, 0.15) is 11.7 Å². The Labute approximate surface area is 76.1 Å². The van der Waals surface area contributed by atoms with Crippen LogP contribution in [0.3, 0.4) is 0 Å². The molecule has 1 aliphatic heterocycles. The van der Waals surface area contributed by atoms with Crippen molar-refractivity contribution in [1.82, 2.24) is 21.2 Å². The van der Waals surface area contributed by atoms with E-state index in [0.717, 1.165) is 5.56 Å². The van der Waals surface area contributed by atoms with E-state index in [1.807, 2.05) is 12.1 Å². The monoisotopic (exact) mass is 182 g/mol. The highest BCUT2D eigenvalue weighted by molar-refractivity contribution is 7.80. The molecule has 1 fully saturated rings. The van der Waals surface area contributed by atoms with Crippen LogP contribution in [0.5, 0.6) is 0 Å². The van der Waals surface area contributed by atoms with Gasteiger partial charge in [-0.25, -0.2) is 10.9 Å². The van der Waals surface area contributed by atoms with E-state index in [1.54, 1.807) is 12.4 Å². The van der Waals surface area contributed by atoms with Crippen LogP contribution in [0.2, 0.25) is 0 Å². The molecule has 2 heterocycles. The predicted molar refractivity (Wildman–Crippen MR) is 49.2 cm³/mol. The maximum absolute atomic E-state index is 4.20. The van der Waals surface area contributed by atoms with Crippen molar-refractivity contribution in [3.05, 3.63) is 30.1 Å². The molecular weight excluding hydrogens is 172 g/mol. The van der Waals surface area contributed by atoms with Crippen LogP contribution in [0.4, 0.5) is 0 Å². The van der Waals surface area contributed by atoms with Gasteiger partial charge < -0.3 is 0 Å². The van der Waals surface area contributed by atoms with E-state index in [-0.39, 0.29) is 11.7 Å². The average Bonchev–Trinajstić information content (AvgIpc) is 2.54. The highest BCUT2D eigenvalue weighted by Crippen LogP contribution is 2.11. The molecule has 0 bridgehead atoms. The van der Waals surface area contributed by atoms with Crippen molar-refractivity contribution in [2.45, 2.75) is 11.7 Å². The summed E-state index contributed by atoms with van der Waals surface area (Å²) in [5, 5.41) is 3.18. The second kappa shape index (κ2) is 3.40. The van der Waals surface area contributed by atoms with Gasteiger partial charge in [-0.05, 0) is 17.7 Å². The summed E-state index contributed by atoms with van der Waals surface area (Å²) in [6, 6.07) is 3.91. The topological polar surface area (TPSA) is 49.0 Å². The zero-order chi connectivity index (χ0) is 8.39. The van der Waals surface area contributed by atoms with Gasteiger partial charge in [0.2, 0.25) is 0 Å². The van der Waals surface area contributed by atoms with Crippen LogP contribution in [-0.2, 0) is 0 Å². The third-order valence-corrected chi connectivity index (χ3v) is 2.01. The fourth-order valence-corrected chi connectivity index (χ4v) is 1.36. The van der Waals surface area contributed by atoms with Crippen LogP contribution >= 0.6 is 12.6 Å². The zero-order valence-corrected chi connectivity index (χ0v) is 7.25. The SMILES string of the molecule is SC1NNC(c2ccncc2)N1. The van der Waals surface area contributed by atoms with E-state index < -0.39 is 0 Å². The normalized spacial score (nSPS) is 29.1. The summed E-state index contributed by atoms with van der Waals surface area (Å²) >= 11 is 4.20. The standard InChI is InChI=1S/C7H10N4S/c12-7-9-6(10-11-7)5-1-3-8-4-2-5/h1-4,6-7,9-12H. The second-order valence-electron chi connectivity index (χ2n) is 2.57. The first-order valence-electron chi connectivity index (χ1n) is 3.71. The molecule has 2 atom stereocenters. The minimum absolute atomic E-state index is 0.00293. The first-order chi connectivity index (χ1) is 5.86. The van der Waals surface area contributed by atoms with Gasteiger partial charge in [0.05, 0.1) is 6.17 Å². The van der Waals surface area contributed by atoms with Gasteiger partial charge in [0.15, 0.2) is 0 Å². The molecule has 1 aliphatic rings. The lowest BCUT2D eigenvalue weighted by molar-refractivity contribution is 0.554. The van der Waals surface area contributed by atoms with Gasteiger partial charge in [-0.3, -0.25) is 10.3 Å². The molecular formula is C7H10N4S. The van der Waals surface area contributed by atoms with Gasteiger partial charge in [-0.1, -0.05) is 0 Å². The number of rotatable bonds is 1. The Kier molecular flexibility index (Phi) is 2.27. The van der Waals surface area contributed by atoms with Crippen molar-refractivity contribution in [2.24, 2.45) is 0 Å². The third-order valence-electron chi connectivity index (χ3n) is 1.73. The molecule has 2 unspecified atom stereocenters. The van der Waals surface area contributed by atoms with Gasteiger partial charge in [0.1, 0.15) is 5.50 Å². The number of pyridine rings is 1. The molecule has 1 aromatic heterocycles. The summed E-state index contributed by atoms with van der Waals surface area (Å²) in [7, 11) is 0. The Hall–Kier alpha value is -0.620. The maximum atomic E-state index is 4.20. The van der Waals surface area contributed by atoms with Crippen LogP contribution < -0.4 is 16.2 Å². The molecule has 0 radical (unpaired) electrons. The maximum Gasteiger partial charge on any atom is 0.117 e. The predicted octanol–water partition coefficient (Wildman–Crippen LogP) is -0.00900. The molecule has 0 saturated carbocycles. The third kappa shape index (κ3) is 1.59. The van der Waals surface area contributed by atoms with Gasteiger partial charge >= 0.3 is 0 Å². The van der Waals surface area contributed by atoms with E-state index in [0.29, 0.717) is 0 Å². The summed E-state index contributed by atoms with van der Waals surface area (Å²) in [6.07, 6.45) is 3.66. The summed E-state index contributed by atoms with van der Waals surface area (Å²) in [4.78, 5) is 3.94. The first kappa shape index (κ1) is 8.00. The van der Waals surface area contributed by atoms with Crippen molar-refractivity contribution in [3.63, 3.8) is 0 Å². The van der Waals surface area contributed by atoms with E-state index in [4.69, 9.17) is 0 Å². The summed E-state index contributed by atoms with van der Waals surface area (Å²) in [5.74, 6) is 0. The van der Waals surface area contributed by atoms with E-state index in [2.05, 4.69) is 33.8 Å². The number of hydrogen-bond acceptors (Lipinski definition) is 5. The van der Waals surface area contributed by atoms with E-state index in [9.17, 15) is 0 Å². The molecule has 0 aliphatic carbocycles. The smallest absolute Gasteiger partial charge is 0.117 e. The summed E-state index contributed by atoms with van der Waals surface area (Å²) < 4.78 is 0. The molecule has 0 aromatic carbocycles. The number of nitrogens with one attached hydrogen (secondary N) is 3. The van der Waals surface area contributed by atoms with Crippen LogP contribution in [0.15, 0.2) is 24.5 Å². The highest BCUT2D eigenvalue weighted by atomic mass is 32.1. The highest BCUT2D eigenvalue weighted by Gasteiger charge is 2.20. The van der Waals surface area contributed by atoms with Crippen LogP contribution in [0.25, 0.3) is 0 Å². The molecule has 64 valence electrons. The lowest BCUT2D eigenvalue weighted by atomic mass is 10.2. The van der Waals surface area contributed by atoms with Crippen molar-refractivity contribution in [3.8, 4) is 0 Å². The zero-order valence-electron chi connectivity index (χ0n) is 6.36. The molecule has 5 heteroatoms. The number of hydrogen-bond donors (Lipinski definition) is 4. The van der Waals surface area contributed by atoms with E-state index >= 15 is 0 Å². The molecule has 0 amide bonds. The number of thiol groups is 1. The Bertz CT molecular complexity index is 253. The molecule has 12 heavy (non-hydrogen) atoms. The number of hydrazine groups is 1. The van der Waals surface area contributed by atoms with Crippen molar-refractivity contribution in [1.29, 1.82) is 0 Å². The summed E-state index contributed by atoms with van der Waals surface area (Å²) in [6.45, 7) is 0. The Balaban J connectivity index is 2.11. The largest absolute Gasteiger partial charge is 0.272 e. The van der Waals surface area contributed by atoms with Gasteiger partial charge in [0.25, 0.3) is 0 Å². The van der Waals surface area contributed by atoms with Crippen molar-refractivity contribution >= 4 is 12.6 Å². The minimum atomic E-state index is 0.00293. The number of aromatic nitrogens is 1. The van der Waals surface area contributed by atoms with Gasteiger partial charge in [-0.15, -0.1) is 12.6 Å². The quantitative estimate of drug-likeness (QED) is 0.461. The Morgan fingerprint density at radius 1 is 1.25 bits per heavy atom. The molecule has 1 saturated heterocycles. The lowest BCUT2D eigenvalue weighted by Crippen LogP contribution is -2.28. The molecule has 1 aromatic rings. The Morgan fingerprint density at radius 3 is 2.58 bits per heavy atom. The fraction of sp³-hybridized carbons (Fsp3) is 0.286. The number of nitrogens with zero attached hydrogens (tertiary/aromatic N) is 1. The molecule has 4 nitrogen and oxygen atoms in total. The van der Waals surface area contributed by atoms with Crippen molar-refractivity contribution < 1.29 is 0 Å². The molecule has 3 N–H and O–H groups in total. The Morgan fingerprint density at radius 2 is 2.00 bits per heavy atom. The second-order valence-corrected chi connectivity index (χ2v) is 3.09. The fourth-order valence-electron chi connectivity index (χ4n) is 1.14. The minimum Gasteiger partial charge on any atom is -0.272 e. The van der Waals surface area contributed by atoms with Crippen molar-refractivity contribution in [2.75, 3.05) is 0 Å². The average molecular weight is 182 g/mol. The van der Waals surface area contributed by atoms with Crippen LogP contribution in [0, 0.1) is 0 Å². The molecule has 0 spiro atoms. The van der Waals surface area contributed by atoms with Gasteiger partial charge in [-0.2, -0.15) is 0 Å². The van der Waals surface area contributed by atoms with Gasteiger partial charge in [0, 0.05) is 12.4 Å². The van der Waals surface area contributed by atoms with Crippen LogP contribution in [-0.4, -0.2) is 10.5 Å².